The molecule has 0 saturated heterocycles. The minimum Gasteiger partial charge on any atom is -0.384 e. The number of nitrogens with zero attached hydrogens (tertiary/aromatic N) is 1. The number of aromatic amines is 1. The number of thiophene rings is 1. The molecule has 0 amide bonds. The lowest BCUT2D eigenvalue weighted by atomic mass is 9.86. The summed E-state index contributed by atoms with van der Waals surface area (Å²) in [6, 6.07) is 6.06. The fourth-order valence-corrected chi connectivity index (χ4v) is 5.46. The van der Waals surface area contributed by atoms with Crippen molar-refractivity contribution in [2.24, 2.45) is 0 Å². The van der Waals surface area contributed by atoms with Crippen LogP contribution in [0.1, 0.15) is 49.4 Å². The van der Waals surface area contributed by atoms with Crippen molar-refractivity contribution in [1.82, 2.24) is 9.97 Å². The van der Waals surface area contributed by atoms with E-state index in [-0.39, 0.29) is 5.56 Å². The van der Waals surface area contributed by atoms with Crippen LogP contribution in [0, 0.1) is 0 Å². The molecule has 1 aliphatic rings. The third-order valence-corrected chi connectivity index (χ3v) is 6.81. The van der Waals surface area contributed by atoms with Gasteiger partial charge in [-0.05, 0) is 54.3 Å². The van der Waals surface area contributed by atoms with Crippen LogP contribution in [0.5, 0.6) is 0 Å². The van der Waals surface area contributed by atoms with Gasteiger partial charge in [-0.1, -0.05) is 40.4 Å². The molecule has 1 atom stereocenters. The summed E-state index contributed by atoms with van der Waals surface area (Å²) >= 11 is 11.4. The van der Waals surface area contributed by atoms with Gasteiger partial charge in [0.2, 0.25) is 0 Å². The molecule has 7 heteroatoms. The van der Waals surface area contributed by atoms with E-state index in [1.807, 2.05) is 17.5 Å². The zero-order valence-corrected chi connectivity index (χ0v) is 18.0. The molecule has 142 valence electrons. The minimum absolute atomic E-state index is 0.0150. The second-order valence-corrected chi connectivity index (χ2v) is 9.25. The molecule has 0 saturated carbocycles. The summed E-state index contributed by atoms with van der Waals surface area (Å²) in [7, 11) is 0. The maximum Gasteiger partial charge on any atom is 0.268 e. The van der Waals surface area contributed by atoms with E-state index in [1.165, 1.54) is 23.3 Å². The number of hydrogen-bond acceptors (Lipinski definition) is 4. The average molecular weight is 467 g/mol. The molecular formula is C20H21BrClN3OS. The van der Waals surface area contributed by atoms with Crippen molar-refractivity contribution in [3.8, 4) is 0 Å². The van der Waals surface area contributed by atoms with E-state index in [0.717, 1.165) is 65.2 Å². The number of nitrogens with one attached hydrogen (secondary N) is 2. The number of H-pyrrole nitrogens is 1. The number of aromatic nitrogens is 2. The van der Waals surface area contributed by atoms with E-state index in [9.17, 15) is 4.79 Å². The smallest absolute Gasteiger partial charge is 0.268 e. The molecule has 0 unspecified atom stereocenters. The third-order valence-electron chi connectivity index (χ3n) is 5.15. The summed E-state index contributed by atoms with van der Waals surface area (Å²) in [5.74, 6) is 1.35. The van der Waals surface area contributed by atoms with Crippen LogP contribution in [0.4, 0.5) is 5.69 Å². The number of unbranched alkanes of at least 4 members (excludes halogenated alkanes) is 2. The van der Waals surface area contributed by atoms with E-state index in [2.05, 4.69) is 37.3 Å². The monoisotopic (exact) mass is 465 g/mol. The third kappa shape index (κ3) is 4.23. The molecule has 3 aromatic rings. The number of fused-ring (bicyclic) bond motifs is 2. The van der Waals surface area contributed by atoms with E-state index >= 15 is 0 Å². The van der Waals surface area contributed by atoms with Crippen LogP contribution < -0.4 is 10.9 Å². The largest absolute Gasteiger partial charge is 0.384 e. The lowest BCUT2D eigenvalue weighted by Crippen LogP contribution is -2.17. The molecule has 0 bridgehead atoms. The van der Waals surface area contributed by atoms with Crippen LogP contribution in [-0.4, -0.2) is 16.5 Å². The molecule has 0 fully saturated rings. The lowest BCUT2D eigenvalue weighted by molar-refractivity contribution is 0.527. The zero-order chi connectivity index (χ0) is 18.8. The number of benzene rings is 1. The normalized spacial score (nSPS) is 16.3. The van der Waals surface area contributed by atoms with Gasteiger partial charge in [0.25, 0.3) is 5.56 Å². The van der Waals surface area contributed by atoms with Crippen molar-refractivity contribution in [3.05, 3.63) is 54.8 Å². The molecule has 3 heterocycles. The van der Waals surface area contributed by atoms with Gasteiger partial charge in [0, 0.05) is 17.4 Å². The molecule has 1 aromatic carbocycles. The highest BCUT2D eigenvalue weighted by molar-refractivity contribution is 9.10. The van der Waals surface area contributed by atoms with E-state index in [4.69, 9.17) is 11.6 Å². The Hall–Kier alpha value is -1.37. The molecule has 0 spiro atoms. The summed E-state index contributed by atoms with van der Waals surface area (Å²) in [5.41, 5.74) is 3.22. The van der Waals surface area contributed by atoms with Gasteiger partial charge in [0.05, 0.1) is 16.2 Å². The van der Waals surface area contributed by atoms with Crippen molar-refractivity contribution < 1.29 is 0 Å². The number of aryl methyl sites for hydroxylation is 1. The summed E-state index contributed by atoms with van der Waals surface area (Å²) in [5, 5.41) is 6.14. The first-order valence-corrected chi connectivity index (χ1v) is 11.4. The Bertz CT molecular complexity index is 1020. The van der Waals surface area contributed by atoms with Gasteiger partial charge >= 0.3 is 0 Å². The van der Waals surface area contributed by atoms with E-state index in [1.54, 1.807) is 0 Å². The molecule has 2 aromatic heterocycles. The van der Waals surface area contributed by atoms with Crippen molar-refractivity contribution >= 4 is 54.8 Å². The van der Waals surface area contributed by atoms with Gasteiger partial charge in [0.1, 0.15) is 10.5 Å². The maximum absolute atomic E-state index is 12.0. The number of anilines is 1. The second kappa shape index (κ2) is 8.33. The maximum atomic E-state index is 12.0. The summed E-state index contributed by atoms with van der Waals surface area (Å²) in [4.78, 5) is 19.5. The van der Waals surface area contributed by atoms with Crippen LogP contribution in [-0.2, 0) is 6.42 Å². The van der Waals surface area contributed by atoms with Crippen molar-refractivity contribution in [3.63, 3.8) is 0 Å². The molecule has 4 rings (SSSR count). The summed E-state index contributed by atoms with van der Waals surface area (Å²) < 4.78 is 1.76. The number of hydrogen-bond donors (Lipinski definition) is 2. The highest BCUT2D eigenvalue weighted by atomic mass is 79.9. The van der Waals surface area contributed by atoms with Gasteiger partial charge in [-0.2, -0.15) is 0 Å². The molecule has 27 heavy (non-hydrogen) atoms. The SMILES string of the molecule is O=c1[nH]c(CCCCC[C@H]2CCNc3c(Cl)cc(Br)cc32)nc2ccsc12. The highest BCUT2D eigenvalue weighted by Gasteiger charge is 2.22. The van der Waals surface area contributed by atoms with E-state index in [0.29, 0.717) is 10.6 Å². The predicted octanol–water partition coefficient (Wildman–Crippen LogP) is 6.10. The molecule has 2 N–H and O–H groups in total. The predicted molar refractivity (Wildman–Crippen MR) is 117 cm³/mol. The topological polar surface area (TPSA) is 57.8 Å². The zero-order valence-electron chi connectivity index (χ0n) is 14.9. The fourth-order valence-electron chi connectivity index (χ4n) is 3.83. The van der Waals surface area contributed by atoms with Crippen molar-refractivity contribution in [2.45, 2.75) is 44.4 Å². The van der Waals surface area contributed by atoms with Crippen molar-refractivity contribution in [1.29, 1.82) is 0 Å². The Kier molecular flexibility index (Phi) is 5.85. The Morgan fingerprint density at radius 1 is 1.30 bits per heavy atom. The average Bonchev–Trinajstić information content (AvgIpc) is 3.11. The number of rotatable bonds is 6. The van der Waals surface area contributed by atoms with Gasteiger partial charge < -0.3 is 10.3 Å². The van der Waals surface area contributed by atoms with Gasteiger partial charge in [-0.15, -0.1) is 11.3 Å². The Morgan fingerprint density at radius 3 is 3.07 bits per heavy atom. The molecule has 1 aliphatic heterocycles. The summed E-state index contributed by atoms with van der Waals surface area (Å²) in [6.07, 6.45) is 6.46. The first-order chi connectivity index (χ1) is 13.1. The fraction of sp³-hybridized carbons (Fsp3) is 0.400. The molecule has 0 aliphatic carbocycles. The van der Waals surface area contributed by atoms with Gasteiger partial charge in [-0.3, -0.25) is 4.79 Å². The number of halogens is 2. The quantitative estimate of drug-likeness (QED) is 0.431. The molecule has 4 nitrogen and oxygen atoms in total. The van der Waals surface area contributed by atoms with Gasteiger partial charge in [-0.25, -0.2) is 4.98 Å². The summed E-state index contributed by atoms with van der Waals surface area (Å²) in [6.45, 7) is 0.977. The van der Waals surface area contributed by atoms with E-state index < -0.39 is 0 Å². The molecule has 0 radical (unpaired) electrons. The second-order valence-electron chi connectivity index (χ2n) is 7.01. The highest BCUT2D eigenvalue weighted by Crippen LogP contribution is 2.41. The minimum atomic E-state index is -0.0150. The van der Waals surface area contributed by atoms with Crippen LogP contribution in [0.2, 0.25) is 5.02 Å². The first-order valence-electron chi connectivity index (χ1n) is 9.31. The molecular weight excluding hydrogens is 446 g/mol. The first kappa shape index (κ1) is 19.0. The van der Waals surface area contributed by atoms with Gasteiger partial charge in [0.15, 0.2) is 0 Å². The van der Waals surface area contributed by atoms with Crippen molar-refractivity contribution in [2.75, 3.05) is 11.9 Å². The Labute approximate surface area is 175 Å². The Morgan fingerprint density at radius 2 is 2.19 bits per heavy atom. The lowest BCUT2D eigenvalue weighted by Gasteiger charge is -2.28. The van der Waals surface area contributed by atoms with Crippen LogP contribution in [0.3, 0.4) is 0 Å². The standard InChI is InChI=1S/C20H21BrClN3OS/c21-13-10-14-12(6-8-23-18(14)15(22)11-13)4-2-1-3-5-17-24-16-7-9-27-19(16)20(26)25-17/h7,9-12,23H,1-6,8H2,(H,24,25,26)/t12-/m0/s1. The van der Waals surface area contributed by atoms with Crippen LogP contribution >= 0.6 is 38.9 Å². The van der Waals surface area contributed by atoms with Crippen LogP contribution in [0.15, 0.2) is 32.8 Å². The van der Waals surface area contributed by atoms with Crippen LogP contribution in [0.25, 0.3) is 10.2 Å². The Balaban J connectivity index is 1.31.